The Balaban J connectivity index is 8.70. The SMILES string of the molecule is FC(F)(F)C(F)(F)OC(F)(C(F)(F)F)C(F)(C(F)(C(F)(F)F)C(F)(F)F)C(F)(C(F)(F)F)C(F)(F)F. The first-order valence-corrected chi connectivity index (χ1v) is 7.19. The molecule has 25 heteroatoms. The fraction of sp³-hybridized carbons (Fsp3) is 1.00. The fourth-order valence-corrected chi connectivity index (χ4v) is 2.34. The van der Waals surface area contributed by atoms with Crippen molar-refractivity contribution in [3.63, 3.8) is 0 Å². The molecule has 218 valence electrons. The summed E-state index contributed by atoms with van der Waals surface area (Å²) in [5.41, 5.74) is -30.1. The van der Waals surface area contributed by atoms with Crippen molar-refractivity contribution in [2.75, 3.05) is 0 Å². The summed E-state index contributed by atoms with van der Waals surface area (Å²) < 4.78 is 311. The van der Waals surface area contributed by atoms with Gasteiger partial charge < -0.3 is 0 Å². The van der Waals surface area contributed by atoms with Gasteiger partial charge in [0.1, 0.15) is 0 Å². The highest BCUT2D eigenvalue weighted by atomic mass is 19.5. The van der Waals surface area contributed by atoms with Crippen LogP contribution in [0, 0.1) is 0 Å². The molecule has 0 aromatic carbocycles. The normalized spacial score (nSPS) is 18.3. The molecule has 1 atom stereocenters. The molecule has 1 unspecified atom stereocenters. The largest absolute Gasteiger partial charge is 0.483 e. The third-order valence-electron chi connectivity index (χ3n) is 3.92. The number of ether oxygens (including phenoxy) is 1. The lowest BCUT2D eigenvalue weighted by Crippen LogP contribution is -2.88. The molecule has 1 nitrogen and oxygen atoms in total. The third-order valence-corrected chi connectivity index (χ3v) is 3.92. The summed E-state index contributed by atoms with van der Waals surface area (Å²) in [6.07, 6.45) is -62.4. The van der Waals surface area contributed by atoms with Crippen LogP contribution >= 0.6 is 0 Å². The Kier molecular flexibility index (Phi) is 7.75. The van der Waals surface area contributed by atoms with Crippen molar-refractivity contribution in [1.82, 2.24) is 0 Å². The standard InChI is InChI=1S/C11F24O/c12-1(2(13,5(16,17)18)6(19,20)21,3(14,7(22,23)24)8(25,26)27)4(15,9(28,29)30)36-11(34,35)10(31,32)33. The maximum atomic E-state index is 14.8. The second kappa shape index (κ2) is 8.14. The van der Waals surface area contributed by atoms with E-state index in [0.717, 1.165) is 0 Å². The Bertz CT molecular complexity index is 718. The van der Waals surface area contributed by atoms with Gasteiger partial charge in [0.2, 0.25) is 0 Å². The summed E-state index contributed by atoms with van der Waals surface area (Å²) in [5, 5.41) is 0. The molecule has 36 heavy (non-hydrogen) atoms. The zero-order chi connectivity index (χ0) is 30.2. The van der Waals surface area contributed by atoms with Crippen LogP contribution in [-0.2, 0) is 4.74 Å². The van der Waals surface area contributed by atoms with Crippen LogP contribution in [0.3, 0.4) is 0 Å². The van der Waals surface area contributed by atoms with Crippen molar-refractivity contribution in [2.45, 2.75) is 66.0 Å². The van der Waals surface area contributed by atoms with E-state index in [0.29, 0.717) is 4.74 Å². The monoisotopic (exact) mass is 604 g/mol. The maximum Gasteiger partial charge on any atom is 0.483 e. The molecule has 0 bridgehead atoms. The van der Waals surface area contributed by atoms with Crippen molar-refractivity contribution < 1.29 is 110 Å². The van der Waals surface area contributed by atoms with Crippen LogP contribution in [0.4, 0.5) is 105 Å². The van der Waals surface area contributed by atoms with Crippen LogP contribution in [0.5, 0.6) is 0 Å². The van der Waals surface area contributed by atoms with E-state index < -0.39 is 66.0 Å². The Morgan fingerprint density at radius 3 is 0.611 bits per heavy atom. The molecule has 0 radical (unpaired) electrons. The van der Waals surface area contributed by atoms with Gasteiger partial charge in [-0.2, -0.15) is 92.2 Å². The van der Waals surface area contributed by atoms with Gasteiger partial charge in [-0.1, -0.05) is 0 Å². The van der Waals surface area contributed by atoms with Crippen molar-refractivity contribution in [2.24, 2.45) is 0 Å². The lowest BCUT2D eigenvalue weighted by atomic mass is 9.67. The highest BCUT2D eigenvalue weighted by Crippen LogP contribution is 2.71. The van der Waals surface area contributed by atoms with Crippen LogP contribution in [0.25, 0.3) is 0 Å². The molecule has 0 aromatic rings. The second-order valence-corrected chi connectivity index (χ2v) is 6.18. The van der Waals surface area contributed by atoms with Crippen LogP contribution in [0.2, 0.25) is 0 Å². The van der Waals surface area contributed by atoms with E-state index in [9.17, 15) is 105 Å². The Hall–Kier alpha value is -1.72. The van der Waals surface area contributed by atoms with E-state index in [1.54, 1.807) is 0 Å². The molecule has 0 aliphatic rings. The van der Waals surface area contributed by atoms with Crippen LogP contribution in [0.1, 0.15) is 0 Å². The van der Waals surface area contributed by atoms with Crippen molar-refractivity contribution in [3.05, 3.63) is 0 Å². The molecule has 0 N–H and O–H groups in total. The first-order valence-electron chi connectivity index (χ1n) is 7.19. The number of hydrogen-bond donors (Lipinski definition) is 0. The zero-order valence-corrected chi connectivity index (χ0v) is 15.0. The highest BCUT2D eigenvalue weighted by molar-refractivity contribution is 5.30. The first-order chi connectivity index (χ1) is 15.0. The predicted molar refractivity (Wildman–Crippen MR) is 57.7 cm³/mol. The molecule has 0 aliphatic carbocycles. The topological polar surface area (TPSA) is 9.23 Å². The summed E-state index contributed by atoms with van der Waals surface area (Å²) in [7, 11) is 0. The average Bonchev–Trinajstić information content (AvgIpc) is 2.52. The van der Waals surface area contributed by atoms with Crippen LogP contribution in [-0.4, -0.2) is 66.0 Å². The van der Waals surface area contributed by atoms with Gasteiger partial charge in [-0.3, -0.25) is 4.74 Å². The van der Waals surface area contributed by atoms with Gasteiger partial charge in [0.15, 0.2) is 0 Å². The van der Waals surface area contributed by atoms with Gasteiger partial charge >= 0.3 is 60.4 Å². The second-order valence-electron chi connectivity index (χ2n) is 6.18. The van der Waals surface area contributed by atoms with Gasteiger partial charge in [0.05, 0.1) is 0 Å². The predicted octanol–water partition coefficient (Wildman–Crippen LogP) is 7.76. The third kappa shape index (κ3) is 4.34. The van der Waals surface area contributed by atoms with Crippen molar-refractivity contribution >= 4 is 0 Å². The zero-order valence-electron chi connectivity index (χ0n) is 15.0. The quantitative estimate of drug-likeness (QED) is 0.292. The highest BCUT2D eigenvalue weighted by Gasteiger charge is 3.05. The smallest absolute Gasteiger partial charge is 0.264 e. The summed E-state index contributed by atoms with van der Waals surface area (Å²) in [5.74, 6) is -9.74. The number of alkyl halides is 24. The molecule has 0 rings (SSSR count). The first kappa shape index (κ1) is 34.3. The number of rotatable bonds is 5. The molecular weight excluding hydrogens is 604 g/mol. The summed E-state index contributed by atoms with van der Waals surface area (Å²) in [4.78, 5) is 0. The van der Waals surface area contributed by atoms with Gasteiger partial charge in [0, 0.05) is 0 Å². The number of halogens is 24. The molecule has 0 spiro atoms. The van der Waals surface area contributed by atoms with Gasteiger partial charge in [-0.25, -0.2) is 13.2 Å². The van der Waals surface area contributed by atoms with E-state index in [-0.39, 0.29) is 0 Å². The van der Waals surface area contributed by atoms with Gasteiger partial charge in [-0.15, -0.1) is 0 Å². The summed E-state index contributed by atoms with van der Waals surface area (Å²) >= 11 is 0. The molecule has 0 saturated heterocycles. The van der Waals surface area contributed by atoms with E-state index >= 15 is 0 Å². The Morgan fingerprint density at radius 2 is 0.472 bits per heavy atom. The van der Waals surface area contributed by atoms with E-state index in [2.05, 4.69) is 0 Å². The van der Waals surface area contributed by atoms with Gasteiger partial charge in [0.25, 0.3) is 5.67 Å². The molecule has 0 saturated carbocycles. The number of hydrogen-bond acceptors (Lipinski definition) is 1. The van der Waals surface area contributed by atoms with Crippen LogP contribution in [0.15, 0.2) is 0 Å². The molecule has 0 amide bonds. The lowest BCUT2D eigenvalue weighted by molar-refractivity contribution is -0.543. The molecule has 0 fully saturated rings. The maximum absolute atomic E-state index is 14.8. The Morgan fingerprint density at radius 1 is 0.250 bits per heavy atom. The van der Waals surface area contributed by atoms with Crippen molar-refractivity contribution in [1.29, 1.82) is 0 Å². The minimum Gasteiger partial charge on any atom is -0.264 e. The lowest BCUT2D eigenvalue weighted by Gasteiger charge is -2.53. The molecule has 0 aromatic heterocycles. The minimum atomic E-state index is -10.4. The Labute approximate surface area is 177 Å². The minimum absolute atomic E-state index is 0.687. The fourth-order valence-electron chi connectivity index (χ4n) is 2.34. The molecule has 0 aliphatic heterocycles. The summed E-state index contributed by atoms with van der Waals surface area (Å²) in [6, 6.07) is 0. The molecular formula is C11F24O. The van der Waals surface area contributed by atoms with Crippen molar-refractivity contribution in [3.8, 4) is 0 Å². The summed E-state index contributed by atoms with van der Waals surface area (Å²) in [6.45, 7) is 0. The van der Waals surface area contributed by atoms with Gasteiger partial charge in [-0.05, 0) is 0 Å². The van der Waals surface area contributed by atoms with Crippen LogP contribution < -0.4 is 0 Å². The van der Waals surface area contributed by atoms with E-state index in [4.69, 9.17) is 0 Å². The van der Waals surface area contributed by atoms with E-state index in [1.807, 2.05) is 0 Å². The van der Waals surface area contributed by atoms with E-state index in [1.165, 1.54) is 0 Å². The molecule has 0 heterocycles. The average molecular weight is 604 g/mol.